The Kier molecular flexibility index (Phi) is 6.10. The highest BCUT2D eigenvalue weighted by Crippen LogP contribution is 2.37. The number of hydrogen-bond donors (Lipinski definition) is 0. The predicted molar refractivity (Wildman–Crippen MR) is 120 cm³/mol. The number of halogens is 3. The van der Waals surface area contributed by atoms with Crippen molar-refractivity contribution < 1.29 is 13.9 Å². The van der Waals surface area contributed by atoms with Crippen LogP contribution >= 0.6 is 41.9 Å². The van der Waals surface area contributed by atoms with Crippen LogP contribution in [0.15, 0.2) is 36.5 Å². The molecule has 0 spiro atoms. The van der Waals surface area contributed by atoms with E-state index in [1.807, 2.05) is 30.3 Å². The molecule has 1 amide bonds. The number of anilines is 1. The minimum atomic E-state index is -0.483. The molecule has 146 valence electrons. The number of rotatable bonds is 5. The van der Waals surface area contributed by atoms with Gasteiger partial charge in [0, 0.05) is 71.7 Å². The molecular weight excluding hydrogens is 516 g/mol. The van der Waals surface area contributed by atoms with Crippen molar-refractivity contribution in [3.05, 3.63) is 47.2 Å². The second-order valence-corrected chi connectivity index (χ2v) is 8.36. The zero-order valence-electron chi connectivity index (χ0n) is 14.7. The van der Waals surface area contributed by atoms with Crippen LogP contribution in [-0.2, 0) is 16.0 Å². The number of hydrogen-bond acceptors (Lipinski definition) is 4. The fraction of sp³-hybridized carbons (Fsp3) is 0.263. The maximum atomic E-state index is 13.1. The number of carbonyl (C=O) groups excluding carboxylic acids is 1. The topological polar surface area (TPSA) is 47.4 Å². The first-order valence-corrected chi connectivity index (χ1v) is 12.4. The first-order chi connectivity index (χ1) is 13.6. The quantitative estimate of drug-likeness (QED) is 0.431. The van der Waals surface area contributed by atoms with E-state index in [4.69, 9.17) is 16.3 Å². The van der Waals surface area contributed by atoms with E-state index in [2.05, 4.69) is 26.2 Å². The Balaban J connectivity index is 1.78. The highest BCUT2D eigenvalue weighted by atomic mass is 127. The lowest BCUT2D eigenvalue weighted by molar-refractivity contribution is -0.125. The van der Waals surface area contributed by atoms with Gasteiger partial charge in [-0.1, -0.05) is 23.7 Å². The monoisotopic (exact) mass is 531 g/mol. The van der Waals surface area contributed by atoms with Crippen LogP contribution in [0, 0.1) is 0 Å². The molecule has 1 aliphatic rings. The minimum absolute atomic E-state index is 0.0508. The van der Waals surface area contributed by atoms with Gasteiger partial charge in [-0.25, -0.2) is 8.96 Å². The molecule has 0 radical (unpaired) electrons. The number of benzene rings is 1. The van der Waals surface area contributed by atoms with E-state index < -0.39 is 6.67 Å². The molecule has 5 nitrogen and oxygen atoms in total. The first kappa shape index (κ1) is 19.9. The molecule has 1 fully saturated rings. The number of nitrogens with zero attached hydrogens (tertiary/aromatic N) is 3. The van der Waals surface area contributed by atoms with E-state index in [0.717, 1.165) is 33.4 Å². The summed E-state index contributed by atoms with van der Waals surface area (Å²) in [5.41, 5.74) is 4.13. The van der Waals surface area contributed by atoms with Gasteiger partial charge >= 0.3 is 0 Å². The van der Waals surface area contributed by atoms with Gasteiger partial charge in [-0.05, 0) is 23.8 Å². The van der Waals surface area contributed by atoms with Crippen molar-refractivity contribution in [3.63, 3.8) is 0 Å². The van der Waals surface area contributed by atoms with Crippen LogP contribution in [0.25, 0.3) is 22.2 Å². The predicted octanol–water partition coefficient (Wildman–Crippen LogP) is 5.08. The molecule has 0 bridgehead atoms. The number of alkyl halides is 1. The molecule has 4 rings (SSSR count). The standard InChI is InChI=1S/C19H16ClFIN3O2S/c20-18-15(4-5-21)16-9-13(10-23-19(16)25(18)28-22)12-2-1-3-14(8-12)24-6-7-27-11-17(24)26/h1-3,8-10H,4-7,11H2. The van der Waals surface area contributed by atoms with Crippen LogP contribution in [0.4, 0.5) is 10.1 Å². The lowest BCUT2D eigenvalue weighted by Gasteiger charge is -2.27. The van der Waals surface area contributed by atoms with Crippen LogP contribution in [0.1, 0.15) is 5.56 Å². The number of aryl methyl sites for hydroxylation is 1. The highest BCUT2D eigenvalue weighted by Gasteiger charge is 2.21. The maximum Gasteiger partial charge on any atom is 0.253 e. The average molecular weight is 532 g/mol. The Bertz CT molecular complexity index is 1050. The summed E-state index contributed by atoms with van der Waals surface area (Å²) in [6, 6.07) is 9.75. The van der Waals surface area contributed by atoms with Crippen molar-refractivity contribution in [1.29, 1.82) is 0 Å². The number of carbonyl (C=O) groups is 1. The minimum Gasteiger partial charge on any atom is -0.370 e. The number of amides is 1. The molecular formula is C19H16ClFIN3O2S. The Morgan fingerprint density at radius 2 is 2.18 bits per heavy atom. The summed E-state index contributed by atoms with van der Waals surface area (Å²) in [7, 11) is 1.41. The summed E-state index contributed by atoms with van der Waals surface area (Å²) in [4.78, 5) is 18.4. The van der Waals surface area contributed by atoms with Crippen LogP contribution in [0.5, 0.6) is 0 Å². The summed E-state index contributed by atoms with van der Waals surface area (Å²) in [5.74, 6) is -0.0508. The van der Waals surface area contributed by atoms with Gasteiger partial charge in [0.05, 0.1) is 13.3 Å². The Hall–Kier alpha value is -1.36. The molecule has 28 heavy (non-hydrogen) atoms. The first-order valence-electron chi connectivity index (χ1n) is 8.66. The zero-order chi connectivity index (χ0) is 19.7. The number of aromatic nitrogens is 2. The van der Waals surface area contributed by atoms with E-state index in [-0.39, 0.29) is 18.9 Å². The Morgan fingerprint density at radius 3 is 2.93 bits per heavy atom. The third kappa shape index (κ3) is 3.62. The van der Waals surface area contributed by atoms with Crippen molar-refractivity contribution in [2.45, 2.75) is 6.42 Å². The van der Waals surface area contributed by atoms with Gasteiger partial charge in [0.2, 0.25) is 0 Å². The average Bonchev–Trinajstić information content (AvgIpc) is 2.99. The SMILES string of the molecule is O=C1COCCN1c1cccc(-c2cnc3c(c2)c(CCF)c(Cl)n3SI)c1. The summed E-state index contributed by atoms with van der Waals surface area (Å²) in [6.45, 7) is 0.676. The summed E-state index contributed by atoms with van der Waals surface area (Å²) >= 11 is 8.58. The van der Waals surface area contributed by atoms with Gasteiger partial charge in [-0.2, -0.15) is 0 Å². The molecule has 0 saturated carbocycles. The van der Waals surface area contributed by atoms with E-state index in [1.165, 1.54) is 9.12 Å². The molecule has 1 aromatic carbocycles. The van der Waals surface area contributed by atoms with E-state index in [0.29, 0.717) is 18.3 Å². The number of pyridine rings is 1. The number of morpholine rings is 1. The molecule has 1 aliphatic heterocycles. The van der Waals surface area contributed by atoms with E-state index in [1.54, 1.807) is 15.1 Å². The summed E-state index contributed by atoms with van der Waals surface area (Å²) < 4.78 is 20.1. The molecule has 0 aliphatic carbocycles. The van der Waals surface area contributed by atoms with Gasteiger partial charge in [-0.15, -0.1) is 0 Å². The molecule has 0 atom stereocenters. The third-order valence-corrected chi connectivity index (χ3v) is 6.87. The second kappa shape index (κ2) is 8.56. The van der Waals surface area contributed by atoms with Gasteiger partial charge in [0.15, 0.2) is 5.65 Å². The van der Waals surface area contributed by atoms with Crippen LogP contribution in [0.3, 0.4) is 0 Å². The Morgan fingerprint density at radius 1 is 1.32 bits per heavy atom. The fourth-order valence-electron chi connectivity index (χ4n) is 3.37. The molecule has 1 saturated heterocycles. The van der Waals surface area contributed by atoms with Crippen molar-refractivity contribution in [2.75, 3.05) is 31.3 Å². The molecule has 9 heteroatoms. The number of fused-ring (bicyclic) bond motifs is 1. The third-order valence-electron chi connectivity index (χ3n) is 4.70. The lowest BCUT2D eigenvalue weighted by Crippen LogP contribution is -2.41. The Labute approximate surface area is 182 Å². The van der Waals surface area contributed by atoms with Gasteiger partial charge in [0.25, 0.3) is 5.91 Å². The summed E-state index contributed by atoms with van der Waals surface area (Å²) in [6.07, 6.45) is 2.02. The van der Waals surface area contributed by atoms with E-state index in [9.17, 15) is 9.18 Å². The van der Waals surface area contributed by atoms with E-state index >= 15 is 0 Å². The van der Waals surface area contributed by atoms with Crippen molar-refractivity contribution in [1.82, 2.24) is 8.96 Å². The fourth-order valence-corrected chi connectivity index (χ4v) is 5.63. The van der Waals surface area contributed by atoms with Gasteiger partial charge in [-0.3, -0.25) is 9.18 Å². The maximum absolute atomic E-state index is 13.1. The van der Waals surface area contributed by atoms with Crippen molar-refractivity contribution in [2.24, 2.45) is 0 Å². The van der Waals surface area contributed by atoms with Crippen LogP contribution in [0.2, 0.25) is 5.15 Å². The molecule has 2 aromatic heterocycles. The van der Waals surface area contributed by atoms with Crippen LogP contribution in [-0.4, -0.2) is 41.3 Å². The molecule has 0 unspecified atom stereocenters. The molecule has 3 heterocycles. The summed E-state index contributed by atoms with van der Waals surface area (Å²) in [5, 5.41) is 1.35. The number of ether oxygens (including phenoxy) is 1. The van der Waals surface area contributed by atoms with Crippen molar-refractivity contribution >= 4 is 64.6 Å². The smallest absolute Gasteiger partial charge is 0.253 e. The van der Waals surface area contributed by atoms with Crippen LogP contribution < -0.4 is 4.90 Å². The largest absolute Gasteiger partial charge is 0.370 e. The van der Waals surface area contributed by atoms with Crippen molar-refractivity contribution in [3.8, 4) is 11.1 Å². The zero-order valence-corrected chi connectivity index (χ0v) is 18.4. The molecule has 3 aromatic rings. The second-order valence-electron chi connectivity index (χ2n) is 6.32. The van der Waals surface area contributed by atoms with Gasteiger partial charge in [0.1, 0.15) is 11.8 Å². The normalized spacial score (nSPS) is 14.8. The highest BCUT2D eigenvalue weighted by molar-refractivity contribution is 14.2. The van der Waals surface area contributed by atoms with Gasteiger partial charge < -0.3 is 9.64 Å². The lowest BCUT2D eigenvalue weighted by atomic mass is 10.0. The molecule has 0 N–H and O–H groups in total.